The van der Waals surface area contributed by atoms with E-state index in [1.165, 1.54) is 5.56 Å². The molecule has 1 aliphatic rings. The molecule has 0 radical (unpaired) electrons. The Kier molecular flexibility index (Phi) is 5.33. The molecule has 1 aliphatic carbocycles. The van der Waals surface area contributed by atoms with Gasteiger partial charge < -0.3 is 5.11 Å². The minimum absolute atomic E-state index is 0.235. The van der Waals surface area contributed by atoms with E-state index in [0.717, 1.165) is 25.7 Å². The van der Waals surface area contributed by atoms with Crippen molar-refractivity contribution in [3.8, 4) is 0 Å². The summed E-state index contributed by atoms with van der Waals surface area (Å²) in [5.41, 5.74) is 4.58. The maximum absolute atomic E-state index is 11.8. The normalized spacial score (nSPS) is 16.4. The second-order valence-corrected chi connectivity index (χ2v) is 5.58. The summed E-state index contributed by atoms with van der Waals surface area (Å²) in [4.78, 5) is 23.4. The fraction of sp³-hybridized carbons (Fsp3) is 0.500. The Labute approximate surface area is 124 Å². The van der Waals surface area contributed by atoms with E-state index in [-0.39, 0.29) is 5.91 Å². The predicted molar refractivity (Wildman–Crippen MR) is 79.1 cm³/mol. The van der Waals surface area contributed by atoms with E-state index < -0.39 is 11.5 Å². The number of amides is 2. The predicted octanol–water partition coefficient (Wildman–Crippen LogP) is 1.46. The Balaban J connectivity index is 1.64. The molecular formula is C16H22N2O3. The molecule has 5 heteroatoms. The Hall–Kier alpha value is -1.88. The van der Waals surface area contributed by atoms with Crippen LogP contribution in [0.5, 0.6) is 0 Å². The molecule has 21 heavy (non-hydrogen) atoms. The molecule has 1 saturated carbocycles. The Morgan fingerprint density at radius 2 is 1.76 bits per heavy atom. The van der Waals surface area contributed by atoms with Crippen molar-refractivity contribution in [1.29, 1.82) is 0 Å². The van der Waals surface area contributed by atoms with Gasteiger partial charge in [0.25, 0.3) is 5.91 Å². The first kappa shape index (κ1) is 15.5. The molecule has 0 saturated heterocycles. The van der Waals surface area contributed by atoms with Crippen molar-refractivity contribution in [2.45, 2.75) is 50.5 Å². The van der Waals surface area contributed by atoms with Gasteiger partial charge in [-0.15, -0.1) is 0 Å². The zero-order chi connectivity index (χ0) is 15.1. The summed E-state index contributed by atoms with van der Waals surface area (Å²) in [5.74, 6) is -0.739. The number of hydrazine groups is 1. The Morgan fingerprint density at radius 3 is 2.43 bits per heavy atom. The van der Waals surface area contributed by atoms with Gasteiger partial charge in [-0.25, -0.2) is 0 Å². The molecule has 1 aromatic rings. The SMILES string of the molecule is O=C(CCCc1ccccc1)NNC(=O)C1(O)CCCC1. The van der Waals surface area contributed by atoms with Crippen LogP contribution in [0.3, 0.4) is 0 Å². The van der Waals surface area contributed by atoms with Crippen LogP contribution in [0.1, 0.15) is 44.1 Å². The summed E-state index contributed by atoms with van der Waals surface area (Å²) in [6.45, 7) is 0. The molecule has 0 aromatic heterocycles. The van der Waals surface area contributed by atoms with Crippen molar-refractivity contribution in [2.75, 3.05) is 0 Å². The third kappa shape index (κ3) is 4.56. The molecule has 0 aliphatic heterocycles. The monoisotopic (exact) mass is 290 g/mol. The summed E-state index contributed by atoms with van der Waals surface area (Å²) < 4.78 is 0. The smallest absolute Gasteiger partial charge is 0.270 e. The lowest BCUT2D eigenvalue weighted by molar-refractivity contribution is -0.142. The number of rotatable bonds is 5. The summed E-state index contributed by atoms with van der Waals surface area (Å²) >= 11 is 0. The van der Waals surface area contributed by atoms with Crippen LogP contribution in [0, 0.1) is 0 Å². The first-order chi connectivity index (χ1) is 10.1. The zero-order valence-corrected chi connectivity index (χ0v) is 12.1. The molecule has 0 heterocycles. The Bertz CT molecular complexity index is 482. The number of nitrogens with one attached hydrogen (secondary N) is 2. The summed E-state index contributed by atoms with van der Waals surface area (Å²) in [7, 11) is 0. The van der Waals surface area contributed by atoms with E-state index >= 15 is 0 Å². The average Bonchev–Trinajstić information content (AvgIpc) is 2.94. The molecule has 0 unspecified atom stereocenters. The fourth-order valence-corrected chi connectivity index (χ4v) is 2.59. The molecule has 3 N–H and O–H groups in total. The third-order valence-electron chi connectivity index (χ3n) is 3.88. The van der Waals surface area contributed by atoms with Crippen LogP contribution in [-0.2, 0) is 16.0 Å². The largest absolute Gasteiger partial charge is 0.380 e. The van der Waals surface area contributed by atoms with Gasteiger partial charge in [-0.05, 0) is 44.1 Å². The van der Waals surface area contributed by atoms with E-state index in [2.05, 4.69) is 10.9 Å². The van der Waals surface area contributed by atoms with Gasteiger partial charge in [-0.1, -0.05) is 30.3 Å². The van der Waals surface area contributed by atoms with E-state index in [0.29, 0.717) is 19.3 Å². The van der Waals surface area contributed by atoms with Crippen LogP contribution in [-0.4, -0.2) is 22.5 Å². The van der Waals surface area contributed by atoms with Crippen LogP contribution in [0.15, 0.2) is 30.3 Å². The highest BCUT2D eigenvalue weighted by molar-refractivity contribution is 5.87. The third-order valence-corrected chi connectivity index (χ3v) is 3.88. The van der Waals surface area contributed by atoms with Gasteiger partial charge in [0.1, 0.15) is 5.60 Å². The van der Waals surface area contributed by atoms with Crippen molar-refractivity contribution in [1.82, 2.24) is 10.9 Å². The molecular weight excluding hydrogens is 268 g/mol. The molecule has 5 nitrogen and oxygen atoms in total. The average molecular weight is 290 g/mol. The molecule has 0 bridgehead atoms. The minimum Gasteiger partial charge on any atom is -0.380 e. The molecule has 1 aromatic carbocycles. The summed E-state index contributed by atoms with van der Waals surface area (Å²) in [5, 5.41) is 10.0. The van der Waals surface area contributed by atoms with Gasteiger partial charge in [0.05, 0.1) is 0 Å². The number of hydrogen-bond donors (Lipinski definition) is 3. The quantitative estimate of drug-likeness (QED) is 0.718. The van der Waals surface area contributed by atoms with Crippen LogP contribution in [0.2, 0.25) is 0 Å². The van der Waals surface area contributed by atoms with Crippen LogP contribution >= 0.6 is 0 Å². The van der Waals surface area contributed by atoms with Crippen molar-refractivity contribution < 1.29 is 14.7 Å². The fourth-order valence-electron chi connectivity index (χ4n) is 2.59. The van der Waals surface area contributed by atoms with Crippen LogP contribution in [0.4, 0.5) is 0 Å². The second kappa shape index (κ2) is 7.22. The maximum atomic E-state index is 11.8. The van der Waals surface area contributed by atoms with Gasteiger partial charge in [0.2, 0.25) is 5.91 Å². The lowest BCUT2D eigenvalue weighted by Crippen LogP contribution is -2.52. The number of aryl methyl sites for hydroxylation is 1. The highest BCUT2D eigenvalue weighted by Gasteiger charge is 2.38. The van der Waals surface area contributed by atoms with Crippen molar-refractivity contribution in [2.24, 2.45) is 0 Å². The summed E-state index contributed by atoms with van der Waals surface area (Å²) in [6, 6.07) is 9.94. The van der Waals surface area contributed by atoms with Crippen LogP contribution < -0.4 is 10.9 Å². The van der Waals surface area contributed by atoms with Crippen molar-refractivity contribution >= 4 is 11.8 Å². The number of benzene rings is 1. The maximum Gasteiger partial charge on any atom is 0.270 e. The van der Waals surface area contributed by atoms with E-state index in [9.17, 15) is 14.7 Å². The lowest BCUT2D eigenvalue weighted by Gasteiger charge is -2.20. The number of hydrogen-bond acceptors (Lipinski definition) is 3. The van der Waals surface area contributed by atoms with Gasteiger partial charge >= 0.3 is 0 Å². The number of carbonyl (C=O) groups excluding carboxylic acids is 2. The molecule has 0 atom stereocenters. The molecule has 2 amide bonds. The van der Waals surface area contributed by atoms with Crippen molar-refractivity contribution in [3.05, 3.63) is 35.9 Å². The number of aliphatic hydroxyl groups is 1. The molecule has 1 fully saturated rings. The second-order valence-electron chi connectivity index (χ2n) is 5.58. The minimum atomic E-state index is -1.31. The summed E-state index contributed by atoms with van der Waals surface area (Å²) in [6.07, 6.45) is 4.49. The van der Waals surface area contributed by atoms with Gasteiger partial charge in [0.15, 0.2) is 0 Å². The van der Waals surface area contributed by atoms with E-state index in [4.69, 9.17) is 0 Å². The highest BCUT2D eigenvalue weighted by atomic mass is 16.3. The van der Waals surface area contributed by atoms with Gasteiger partial charge in [-0.3, -0.25) is 20.4 Å². The first-order valence-electron chi connectivity index (χ1n) is 7.46. The molecule has 114 valence electrons. The van der Waals surface area contributed by atoms with E-state index in [1.54, 1.807) is 0 Å². The topological polar surface area (TPSA) is 78.4 Å². The first-order valence-corrected chi connectivity index (χ1v) is 7.46. The number of carbonyl (C=O) groups is 2. The molecule has 2 rings (SSSR count). The van der Waals surface area contributed by atoms with Crippen molar-refractivity contribution in [3.63, 3.8) is 0 Å². The van der Waals surface area contributed by atoms with E-state index in [1.807, 2.05) is 30.3 Å². The molecule has 0 spiro atoms. The zero-order valence-electron chi connectivity index (χ0n) is 12.1. The Morgan fingerprint density at radius 1 is 1.10 bits per heavy atom. The highest BCUT2D eigenvalue weighted by Crippen LogP contribution is 2.29. The van der Waals surface area contributed by atoms with Gasteiger partial charge in [-0.2, -0.15) is 0 Å². The standard InChI is InChI=1S/C16H22N2O3/c19-14(10-6-9-13-7-2-1-3-8-13)17-18-15(20)16(21)11-4-5-12-16/h1-3,7-8,21H,4-6,9-12H2,(H,17,19)(H,18,20). The lowest BCUT2D eigenvalue weighted by atomic mass is 10.0. The van der Waals surface area contributed by atoms with Gasteiger partial charge in [0, 0.05) is 6.42 Å². The van der Waals surface area contributed by atoms with Crippen LogP contribution in [0.25, 0.3) is 0 Å².